The van der Waals surface area contributed by atoms with Crippen LogP contribution in [0.2, 0.25) is 0 Å². The molecule has 0 fully saturated rings. The molecule has 0 radical (unpaired) electrons. The SMILES string of the molecule is C=CCNCCCBr. The molecule has 0 aliphatic carbocycles. The highest BCUT2D eigenvalue weighted by atomic mass is 79.9. The van der Waals surface area contributed by atoms with Crippen molar-refractivity contribution in [3.05, 3.63) is 12.7 Å². The van der Waals surface area contributed by atoms with Gasteiger partial charge in [-0.3, -0.25) is 0 Å². The van der Waals surface area contributed by atoms with Gasteiger partial charge in [-0.05, 0) is 13.0 Å². The minimum absolute atomic E-state index is 0.924. The van der Waals surface area contributed by atoms with Crippen molar-refractivity contribution in [3.8, 4) is 0 Å². The van der Waals surface area contributed by atoms with Crippen molar-refractivity contribution < 1.29 is 0 Å². The summed E-state index contributed by atoms with van der Waals surface area (Å²) in [6.45, 7) is 5.59. The first-order valence-electron chi connectivity index (χ1n) is 2.79. The Hall–Kier alpha value is 0.180. The lowest BCUT2D eigenvalue weighted by molar-refractivity contribution is 0.736. The Morgan fingerprint density at radius 1 is 1.62 bits per heavy atom. The van der Waals surface area contributed by atoms with Gasteiger partial charge in [0.2, 0.25) is 0 Å². The highest BCUT2D eigenvalue weighted by Crippen LogP contribution is 1.83. The standard InChI is InChI=1S/C6H12BrN/c1-2-5-8-6-3-4-7/h2,8H,1,3-6H2. The Kier molecular flexibility index (Phi) is 7.34. The van der Waals surface area contributed by atoms with Gasteiger partial charge >= 0.3 is 0 Å². The maximum Gasteiger partial charge on any atom is 0.0132 e. The van der Waals surface area contributed by atoms with E-state index in [4.69, 9.17) is 0 Å². The van der Waals surface area contributed by atoms with Gasteiger partial charge in [0.1, 0.15) is 0 Å². The normalized spacial score (nSPS) is 9.12. The minimum atomic E-state index is 0.924. The Labute approximate surface area is 59.3 Å². The topological polar surface area (TPSA) is 12.0 Å². The summed E-state index contributed by atoms with van der Waals surface area (Å²) in [7, 11) is 0. The molecule has 0 aromatic carbocycles. The zero-order valence-electron chi connectivity index (χ0n) is 4.99. The van der Waals surface area contributed by atoms with E-state index in [1.165, 1.54) is 6.42 Å². The molecule has 2 heteroatoms. The van der Waals surface area contributed by atoms with Crippen molar-refractivity contribution in [3.63, 3.8) is 0 Å². The Morgan fingerprint density at radius 2 is 2.38 bits per heavy atom. The van der Waals surface area contributed by atoms with E-state index >= 15 is 0 Å². The lowest BCUT2D eigenvalue weighted by atomic mass is 10.5. The molecule has 1 N–H and O–H groups in total. The van der Waals surface area contributed by atoms with E-state index in [-0.39, 0.29) is 0 Å². The smallest absolute Gasteiger partial charge is 0.0132 e. The number of hydrogen-bond acceptors (Lipinski definition) is 1. The summed E-state index contributed by atoms with van der Waals surface area (Å²) in [5, 5.41) is 4.27. The van der Waals surface area contributed by atoms with Gasteiger partial charge in [0.25, 0.3) is 0 Å². The summed E-state index contributed by atoms with van der Waals surface area (Å²) in [6.07, 6.45) is 3.06. The van der Waals surface area contributed by atoms with Gasteiger partial charge in [-0.1, -0.05) is 22.0 Å². The number of halogens is 1. The van der Waals surface area contributed by atoms with Crippen LogP contribution in [0.3, 0.4) is 0 Å². The van der Waals surface area contributed by atoms with Gasteiger partial charge in [-0.15, -0.1) is 6.58 Å². The molecule has 0 saturated carbocycles. The van der Waals surface area contributed by atoms with Crippen LogP contribution in [0.5, 0.6) is 0 Å². The predicted octanol–water partition coefficient (Wildman–Crippen LogP) is 1.55. The molecule has 0 heterocycles. The first-order valence-corrected chi connectivity index (χ1v) is 3.91. The van der Waals surface area contributed by atoms with Crippen molar-refractivity contribution in [2.24, 2.45) is 0 Å². The summed E-state index contributed by atoms with van der Waals surface area (Å²) in [5.41, 5.74) is 0. The van der Waals surface area contributed by atoms with E-state index in [2.05, 4.69) is 27.8 Å². The average molecular weight is 178 g/mol. The molecule has 0 aromatic rings. The van der Waals surface area contributed by atoms with E-state index < -0.39 is 0 Å². The van der Waals surface area contributed by atoms with Crippen LogP contribution in [0.15, 0.2) is 12.7 Å². The summed E-state index contributed by atoms with van der Waals surface area (Å²) in [4.78, 5) is 0. The third-order valence-corrected chi connectivity index (χ3v) is 1.34. The molecule has 1 nitrogen and oxygen atoms in total. The molecule has 8 heavy (non-hydrogen) atoms. The van der Waals surface area contributed by atoms with Crippen LogP contribution in [0.1, 0.15) is 6.42 Å². The Balaban J connectivity index is 2.62. The maximum atomic E-state index is 3.58. The van der Waals surface area contributed by atoms with Crippen LogP contribution >= 0.6 is 15.9 Å². The molecule has 0 amide bonds. The quantitative estimate of drug-likeness (QED) is 0.382. The molecule has 0 bridgehead atoms. The van der Waals surface area contributed by atoms with Crippen molar-refractivity contribution in [2.75, 3.05) is 18.4 Å². The molecule has 0 unspecified atom stereocenters. The molecule has 0 atom stereocenters. The van der Waals surface area contributed by atoms with Gasteiger partial charge in [-0.2, -0.15) is 0 Å². The monoisotopic (exact) mass is 177 g/mol. The third-order valence-electron chi connectivity index (χ3n) is 0.776. The Morgan fingerprint density at radius 3 is 2.88 bits per heavy atom. The van der Waals surface area contributed by atoms with Crippen LogP contribution in [-0.2, 0) is 0 Å². The molecule has 0 aliphatic heterocycles. The lowest BCUT2D eigenvalue weighted by Gasteiger charge is -1.95. The summed E-state index contributed by atoms with van der Waals surface area (Å²) in [6, 6.07) is 0. The Bertz CT molecular complexity index is 54.5. The molecular weight excluding hydrogens is 166 g/mol. The summed E-state index contributed by atoms with van der Waals surface area (Å²) < 4.78 is 0. The zero-order chi connectivity index (χ0) is 6.24. The van der Waals surface area contributed by atoms with Gasteiger partial charge in [0.15, 0.2) is 0 Å². The fraction of sp³-hybridized carbons (Fsp3) is 0.667. The first kappa shape index (κ1) is 8.18. The largest absolute Gasteiger partial charge is 0.313 e. The van der Waals surface area contributed by atoms with Crippen molar-refractivity contribution >= 4 is 15.9 Å². The van der Waals surface area contributed by atoms with Crippen LogP contribution in [0.25, 0.3) is 0 Å². The predicted molar refractivity (Wildman–Crippen MR) is 41.5 cm³/mol. The van der Waals surface area contributed by atoms with E-state index in [0.717, 1.165) is 18.4 Å². The molecule has 0 aromatic heterocycles. The second-order valence-corrected chi connectivity index (χ2v) is 2.33. The number of hydrogen-bond donors (Lipinski definition) is 1. The lowest BCUT2D eigenvalue weighted by Crippen LogP contribution is -2.14. The van der Waals surface area contributed by atoms with Crippen molar-refractivity contribution in [1.82, 2.24) is 5.32 Å². The number of rotatable bonds is 5. The van der Waals surface area contributed by atoms with Gasteiger partial charge in [0, 0.05) is 11.9 Å². The molecule has 0 aliphatic rings. The molecule has 0 saturated heterocycles. The van der Waals surface area contributed by atoms with Gasteiger partial charge in [0.05, 0.1) is 0 Å². The highest BCUT2D eigenvalue weighted by molar-refractivity contribution is 9.09. The van der Waals surface area contributed by atoms with E-state index in [0.29, 0.717) is 0 Å². The molecule has 0 spiro atoms. The molecule has 0 rings (SSSR count). The van der Waals surface area contributed by atoms with Crippen LogP contribution < -0.4 is 5.32 Å². The first-order chi connectivity index (χ1) is 3.91. The summed E-state index contributed by atoms with van der Waals surface area (Å²) in [5.74, 6) is 0. The maximum absolute atomic E-state index is 3.58. The highest BCUT2D eigenvalue weighted by Gasteiger charge is 1.79. The fourth-order valence-electron chi connectivity index (χ4n) is 0.396. The second-order valence-electron chi connectivity index (χ2n) is 1.54. The fourth-order valence-corrected chi connectivity index (χ4v) is 0.676. The minimum Gasteiger partial charge on any atom is -0.313 e. The van der Waals surface area contributed by atoms with Gasteiger partial charge in [-0.25, -0.2) is 0 Å². The van der Waals surface area contributed by atoms with E-state index in [9.17, 15) is 0 Å². The van der Waals surface area contributed by atoms with Crippen LogP contribution in [0.4, 0.5) is 0 Å². The molecular formula is C6H12BrN. The average Bonchev–Trinajstić information content (AvgIpc) is 1.81. The van der Waals surface area contributed by atoms with Gasteiger partial charge < -0.3 is 5.32 Å². The summed E-state index contributed by atoms with van der Waals surface area (Å²) >= 11 is 3.34. The number of alkyl halides is 1. The van der Waals surface area contributed by atoms with Crippen LogP contribution in [0, 0.1) is 0 Å². The van der Waals surface area contributed by atoms with Crippen molar-refractivity contribution in [2.45, 2.75) is 6.42 Å². The second kappa shape index (κ2) is 7.18. The zero-order valence-corrected chi connectivity index (χ0v) is 6.58. The number of nitrogens with one attached hydrogen (secondary N) is 1. The van der Waals surface area contributed by atoms with Crippen LogP contribution in [-0.4, -0.2) is 18.4 Å². The van der Waals surface area contributed by atoms with E-state index in [1.807, 2.05) is 6.08 Å². The molecule has 48 valence electrons. The van der Waals surface area contributed by atoms with Crippen molar-refractivity contribution in [1.29, 1.82) is 0 Å². The third kappa shape index (κ3) is 6.18. The van der Waals surface area contributed by atoms with E-state index in [1.54, 1.807) is 0 Å².